The van der Waals surface area contributed by atoms with Crippen LogP contribution in [0.2, 0.25) is 0 Å². The van der Waals surface area contributed by atoms with Gasteiger partial charge in [-0.05, 0) is 67.7 Å². The van der Waals surface area contributed by atoms with Crippen LogP contribution in [-0.2, 0) is 52.7 Å². The summed E-state index contributed by atoms with van der Waals surface area (Å²) in [7, 11) is 1.42. The SMILES string of the molecule is CCOC(=O)CCn1cc(C(F)(F)F)cn1.COC(=O)Nc1c2c(cc3c1CCC3)CCC2. The van der Waals surface area contributed by atoms with E-state index >= 15 is 0 Å². The van der Waals surface area contributed by atoms with Gasteiger partial charge in [-0.2, -0.15) is 18.3 Å². The maximum atomic E-state index is 12.2. The van der Waals surface area contributed by atoms with Gasteiger partial charge in [0, 0.05) is 6.20 Å². The summed E-state index contributed by atoms with van der Waals surface area (Å²) in [6, 6.07) is 2.35. The van der Waals surface area contributed by atoms with Crippen molar-refractivity contribution < 1.29 is 32.2 Å². The van der Waals surface area contributed by atoms with E-state index in [0.29, 0.717) is 0 Å². The number of methoxy groups -OCH3 is 1. The number of anilines is 1. The van der Waals surface area contributed by atoms with E-state index in [2.05, 4.69) is 21.2 Å². The van der Waals surface area contributed by atoms with E-state index in [-0.39, 0.29) is 25.7 Å². The average Bonchev–Trinajstić information content (AvgIpc) is 3.52. The number of benzene rings is 1. The molecular formula is C23H28F3N3O4. The Hall–Kier alpha value is -3.04. The first-order chi connectivity index (χ1) is 15.7. The third-order valence-corrected chi connectivity index (χ3v) is 5.70. The van der Waals surface area contributed by atoms with Crippen molar-refractivity contribution in [3.05, 3.63) is 46.3 Å². The molecule has 33 heavy (non-hydrogen) atoms. The number of ether oxygens (including phenoxy) is 2. The molecule has 180 valence electrons. The number of nitrogens with zero attached hydrogens (tertiary/aromatic N) is 2. The fourth-order valence-corrected chi connectivity index (χ4v) is 4.19. The highest BCUT2D eigenvalue weighted by molar-refractivity contribution is 5.88. The van der Waals surface area contributed by atoms with E-state index in [4.69, 9.17) is 4.74 Å². The zero-order chi connectivity index (χ0) is 24.0. The fourth-order valence-electron chi connectivity index (χ4n) is 4.19. The third-order valence-electron chi connectivity index (χ3n) is 5.70. The molecule has 0 saturated heterocycles. The summed E-state index contributed by atoms with van der Waals surface area (Å²) in [5.41, 5.74) is 5.77. The molecule has 1 aromatic heterocycles. The molecule has 0 radical (unpaired) electrons. The minimum atomic E-state index is -4.40. The molecule has 2 aliphatic carbocycles. The molecular weight excluding hydrogens is 439 g/mol. The topological polar surface area (TPSA) is 82.5 Å². The number of hydrogen-bond acceptors (Lipinski definition) is 5. The Morgan fingerprint density at radius 2 is 1.76 bits per heavy atom. The van der Waals surface area contributed by atoms with Gasteiger partial charge in [0.2, 0.25) is 0 Å². The van der Waals surface area contributed by atoms with Gasteiger partial charge in [0.25, 0.3) is 0 Å². The van der Waals surface area contributed by atoms with E-state index in [1.54, 1.807) is 6.92 Å². The van der Waals surface area contributed by atoms with Crippen LogP contribution in [0, 0.1) is 0 Å². The smallest absolute Gasteiger partial charge is 0.419 e. The highest BCUT2D eigenvalue weighted by atomic mass is 19.4. The Kier molecular flexibility index (Phi) is 7.99. The Bertz CT molecular complexity index is 969. The number of aromatic nitrogens is 2. The maximum Gasteiger partial charge on any atom is 0.419 e. The van der Waals surface area contributed by atoms with E-state index in [1.165, 1.54) is 42.2 Å². The number of nitrogens with one attached hydrogen (secondary N) is 1. The Balaban J connectivity index is 0.000000186. The van der Waals surface area contributed by atoms with Crippen LogP contribution in [-0.4, -0.2) is 35.6 Å². The minimum absolute atomic E-state index is 0.00676. The van der Waals surface area contributed by atoms with Crippen molar-refractivity contribution in [2.24, 2.45) is 0 Å². The van der Waals surface area contributed by atoms with Crippen LogP contribution in [0.1, 0.15) is 54.0 Å². The summed E-state index contributed by atoms with van der Waals surface area (Å²) in [5.74, 6) is -0.452. The number of carbonyl (C=O) groups excluding carboxylic acids is 2. The Morgan fingerprint density at radius 1 is 1.12 bits per heavy atom. The van der Waals surface area contributed by atoms with Crippen molar-refractivity contribution in [3.63, 3.8) is 0 Å². The van der Waals surface area contributed by atoms with Gasteiger partial charge in [0.1, 0.15) is 0 Å². The molecule has 0 atom stereocenters. The predicted octanol–water partition coefficient (Wildman–Crippen LogP) is 4.70. The zero-order valence-electron chi connectivity index (χ0n) is 18.8. The predicted molar refractivity (Wildman–Crippen MR) is 115 cm³/mol. The van der Waals surface area contributed by atoms with Crippen LogP contribution in [0.5, 0.6) is 0 Å². The summed E-state index contributed by atoms with van der Waals surface area (Å²) in [6.45, 7) is 1.99. The van der Waals surface area contributed by atoms with Crippen molar-refractivity contribution in [2.45, 2.75) is 64.6 Å². The first-order valence-corrected chi connectivity index (χ1v) is 11.0. The van der Waals surface area contributed by atoms with E-state index in [0.717, 1.165) is 48.4 Å². The number of hydrogen-bond donors (Lipinski definition) is 1. The van der Waals surface area contributed by atoms with Crippen molar-refractivity contribution in [1.82, 2.24) is 9.78 Å². The Morgan fingerprint density at radius 3 is 2.27 bits per heavy atom. The maximum absolute atomic E-state index is 12.2. The number of rotatable bonds is 5. The van der Waals surface area contributed by atoms with Crippen LogP contribution in [0.3, 0.4) is 0 Å². The lowest BCUT2D eigenvalue weighted by Gasteiger charge is -2.15. The normalized spacial score (nSPS) is 14.1. The number of alkyl halides is 3. The molecule has 1 aromatic carbocycles. The first kappa shape index (κ1) is 24.6. The van der Waals surface area contributed by atoms with Crippen LogP contribution in [0.4, 0.5) is 23.7 Å². The zero-order valence-corrected chi connectivity index (χ0v) is 18.8. The van der Waals surface area contributed by atoms with Gasteiger partial charge in [-0.3, -0.25) is 14.8 Å². The van der Waals surface area contributed by atoms with Gasteiger partial charge >= 0.3 is 18.2 Å². The van der Waals surface area contributed by atoms with Gasteiger partial charge < -0.3 is 9.47 Å². The fraction of sp³-hybridized carbons (Fsp3) is 0.522. The number of halogens is 3. The molecule has 2 aliphatic rings. The van der Waals surface area contributed by atoms with E-state index < -0.39 is 17.7 Å². The van der Waals surface area contributed by atoms with Gasteiger partial charge in [-0.25, -0.2) is 4.79 Å². The van der Waals surface area contributed by atoms with Crippen molar-refractivity contribution >= 4 is 17.7 Å². The molecule has 0 bridgehead atoms. The van der Waals surface area contributed by atoms with Gasteiger partial charge in [0.15, 0.2) is 0 Å². The number of esters is 1. The monoisotopic (exact) mass is 467 g/mol. The van der Waals surface area contributed by atoms with Crippen LogP contribution in [0.15, 0.2) is 18.5 Å². The summed E-state index contributed by atoms with van der Waals surface area (Å²) >= 11 is 0. The summed E-state index contributed by atoms with van der Waals surface area (Å²) < 4.78 is 47.0. The van der Waals surface area contributed by atoms with Gasteiger partial charge in [0.05, 0.1) is 44.1 Å². The first-order valence-electron chi connectivity index (χ1n) is 11.0. The highest BCUT2D eigenvalue weighted by Crippen LogP contribution is 2.38. The van der Waals surface area contributed by atoms with Gasteiger partial charge in [-0.15, -0.1) is 0 Å². The lowest BCUT2D eigenvalue weighted by molar-refractivity contribution is -0.143. The number of aryl methyl sites for hydroxylation is 3. The van der Waals surface area contributed by atoms with Crippen LogP contribution in [0.25, 0.3) is 0 Å². The molecule has 0 fully saturated rings. The van der Waals surface area contributed by atoms with Crippen molar-refractivity contribution in [3.8, 4) is 0 Å². The molecule has 1 amide bonds. The molecule has 0 spiro atoms. The average molecular weight is 467 g/mol. The van der Waals surface area contributed by atoms with Crippen LogP contribution < -0.4 is 5.32 Å². The van der Waals surface area contributed by atoms with Crippen molar-refractivity contribution in [2.75, 3.05) is 19.0 Å². The van der Waals surface area contributed by atoms with Crippen LogP contribution >= 0.6 is 0 Å². The molecule has 1 N–H and O–H groups in total. The lowest BCUT2D eigenvalue weighted by atomic mass is 9.99. The standard InChI is InChI=1S/C14H17NO2.C9H11F3N2O2/c1-17-14(16)15-13-11-6-2-4-9(11)8-10-5-3-7-12(10)13;1-2-16-8(15)3-4-14-6-7(5-13-14)9(10,11)12/h8H,2-7H2,1H3,(H,15,16);5-6H,2-4H2,1H3. The number of carbonyl (C=O) groups is 2. The largest absolute Gasteiger partial charge is 0.466 e. The second-order valence-electron chi connectivity index (χ2n) is 7.90. The quantitative estimate of drug-likeness (QED) is 0.645. The molecule has 1 heterocycles. The molecule has 2 aromatic rings. The molecule has 0 unspecified atom stereocenters. The Labute approximate surface area is 190 Å². The lowest BCUT2D eigenvalue weighted by Crippen LogP contribution is -2.14. The molecule has 0 saturated carbocycles. The van der Waals surface area contributed by atoms with Crippen molar-refractivity contribution in [1.29, 1.82) is 0 Å². The summed E-state index contributed by atoms with van der Waals surface area (Å²) in [5, 5.41) is 6.43. The third kappa shape index (κ3) is 6.27. The summed E-state index contributed by atoms with van der Waals surface area (Å²) in [6.07, 6.45) is 3.72. The molecule has 10 heteroatoms. The summed E-state index contributed by atoms with van der Waals surface area (Å²) in [4.78, 5) is 22.4. The molecule has 0 aliphatic heterocycles. The number of amides is 1. The highest BCUT2D eigenvalue weighted by Gasteiger charge is 2.32. The van der Waals surface area contributed by atoms with E-state index in [9.17, 15) is 22.8 Å². The molecule has 7 nitrogen and oxygen atoms in total. The minimum Gasteiger partial charge on any atom is -0.466 e. The second kappa shape index (κ2) is 10.7. The molecule has 4 rings (SSSR count). The van der Waals surface area contributed by atoms with Gasteiger partial charge in [-0.1, -0.05) is 6.07 Å². The second-order valence-corrected chi connectivity index (χ2v) is 7.90. The van der Waals surface area contributed by atoms with E-state index in [1.807, 2.05) is 0 Å². The number of fused-ring (bicyclic) bond motifs is 2.